The lowest BCUT2D eigenvalue weighted by atomic mass is 10.1. The number of esters is 1. The minimum absolute atomic E-state index is 0.0512. The summed E-state index contributed by atoms with van der Waals surface area (Å²) >= 11 is 0. The summed E-state index contributed by atoms with van der Waals surface area (Å²) in [5, 5.41) is 0. The van der Waals surface area contributed by atoms with Gasteiger partial charge in [0.2, 0.25) is 0 Å². The van der Waals surface area contributed by atoms with Crippen molar-refractivity contribution in [3.05, 3.63) is 29.6 Å². The van der Waals surface area contributed by atoms with Crippen molar-refractivity contribution in [3.8, 4) is 0 Å². The Hall–Kier alpha value is -1.91. The van der Waals surface area contributed by atoms with Crippen LogP contribution in [0.2, 0.25) is 0 Å². The van der Waals surface area contributed by atoms with Crippen LogP contribution in [0.25, 0.3) is 0 Å². The number of rotatable bonds is 3. The lowest BCUT2D eigenvalue weighted by Crippen LogP contribution is -2.28. The van der Waals surface area contributed by atoms with Gasteiger partial charge in [-0.25, -0.2) is 9.78 Å². The highest BCUT2D eigenvalue weighted by molar-refractivity contribution is 6.03. The number of ether oxygens (including phenoxy) is 1. The molecular formula is C11H14N2O3. The van der Waals surface area contributed by atoms with Crippen LogP contribution >= 0.6 is 0 Å². The van der Waals surface area contributed by atoms with Gasteiger partial charge in [0.1, 0.15) is 0 Å². The van der Waals surface area contributed by atoms with Gasteiger partial charge in [0.05, 0.1) is 12.7 Å². The van der Waals surface area contributed by atoms with Gasteiger partial charge in [0, 0.05) is 19.8 Å². The van der Waals surface area contributed by atoms with E-state index in [-0.39, 0.29) is 17.2 Å². The van der Waals surface area contributed by atoms with Crippen LogP contribution in [0.5, 0.6) is 0 Å². The van der Waals surface area contributed by atoms with Crippen molar-refractivity contribution >= 4 is 11.9 Å². The Morgan fingerprint density at radius 3 is 2.75 bits per heavy atom. The number of pyridine rings is 1. The number of methoxy groups -OCH3 is 1. The average Bonchev–Trinajstić information content (AvgIpc) is 2.35. The molecule has 16 heavy (non-hydrogen) atoms. The third-order valence-corrected chi connectivity index (χ3v) is 2.24. The van der Waals surface area contributed by atoms with Gasteiger partial charge in [-0.1, -0.05) is 0 Å². The molecule has 0 fully saturated rings. The summed E-state index contributed by atoms with van der Waals surface area (Å²) in [6.07, 6.45) is 1.45. The number of carbonyl (C=O) groups excluding carboxylic acids is 2. The summed E-state index contributed by atoms with van der Waals surface area (Å²) in [5.41, 5.74) is 0.314. The summed E-state index contributed by atoms with van der Waals surface area (Å²) in [4.78, 5) is 28.7. The maximum Gasteiger partial charge on any atom is 0.357 e. The number of carbonyl (C=O) groups is 2. The second-order valence-corrected chi connectivity index (χ2v) is 3.21. The van der Waals surface area contributed by atoms with Crippen molar-refractivity contribution in [2.45, 2.75) is 6.92 Å². The Kier molecular flexibility index (Phi) is 3.99. The van der Waals surface area contributed by atoms with E-state index in [9.17, 15) is 9.59 Å². The molecule has 0 saturated heterocycles. The number of hydrogen-bond donors (Lipinski definition) is 0. The molecule has 0 atom stereocenters. The average molecular weight is 222 g/mol. The van der Waals surface area contributed by atoms with Crippen LogP contribution in [-0.4, -0.2) is 42.5 Å². The first-order chi connectivity index (χ1) is 7.61. The molecule has 1 aromatic heterocycles. The summed E-state index contributed by atoms with van der Waals surface area (Å²) < 4.78 is 4.57. The SMILES string of the molecule is CCN(C)C(=O)c1cccnc1C(=O)OC. The first-order valence-corrected chi connectivity index (χ1v) is 4.90. The molecule has 0 aliphatic rings. The van der Waals surface area contributed by atoms with Crippen LogP contribution in [0.15, 0.2) is 18.3 Å². The van der Waals surface area contributed by atoms with Crippen molar-refractivity contribution in [2.75, 3.05) is 20.7 Å². The minimum atomic E-state index is -0.603. The Morgan fingerprint density at radius 1 is 1.50 bits per heavy atom. The molecule has 1 heterocycles. The molecule has 5 nitrogen and oxygen atoms in total. The summed E-state index contributed by atoms with van der Waals surface area (Å²) in [7, 11) is 2.92. The molecule has 0 aliphatic carbocycles. The predicted molar refractivity (Wildman–Crippen MR) is 58.2 cm³/mol. The third kappa shape index (κ3) is 2.36. The van der Waals surface area contributed by atoms with Crippen molar-refractivity contribution in [2.24, 2.45) is 0 Å². The first kappa shape index (κ1) is 12.2. The Labute approximate surface area is 94.0 Å². The molecule has 0 radical (unpaired) electrons. The Balaban J connectivity index is 3.13. The first-order valence-electron chi connectivity index (χ1n) is 4.90. The topological polar surface area (TPSA) is 59.5 Å². The van der Waals surface area contributed by atoms with Crippen LogP contribution in [0.4, 0.5) is 0 Å². The molecule has 1 aromatic rings. The van der Waals surface area contributed by atoms with Gasteiger partial charge in [-0.05, 0) is 19.1 Å². The van der Waals surface area contributed by atoms with Gasteiger partial charge in [-0.3, -0.25) is 4.79 Å². The van der Waals surface area contributed by atoms with E-state index in [0.29, 0.717) is 6.54 Å². The van der Waals surface area contributed by atoms with Crippen LogP contribution < -0.4 is 0 Å². The maximum atomic E-state index is 11.9. The molecule has 0 aromatic carbocycles. The van der Waals surface area contributed by atoms with Crippen molar-refractivity contribution in [1.29, 1.82) is 0 Å². The number of nitrogens with zero attached hydrogens (tertiary/aromatic N) is 2. The van der Waals surface area contributed by atoms with Gasteiger partial charge in [0.25, 0.3) is 5.91 Å². The highest BCUT2D eigenvalue weighted by atomic mass is 16.5. The highest BCUT2D eigenvalue weighted by Gasteiger charge is 2.20. The number of hydrogen-bond acceptors (Lipinski definition) is 4. The van der Waals surface area contributed by atoms with Gasteiger partial charge in [0.15, 0.2) is 5.69 Å². The van der Waals surface area contributed by atoms with E-state index in [0.717, 1.165) is 0 Å². The van der Waals surface area contributed by atoms with Gasteiger partial charge in [-0.15, -0.1) is 0 Å². The predicted octanol–water partition coefficient (Wildman–Crippen LogP) is 0.960. The minimum Gasteiger partial charge on any atom is -0.464 e. The third-order valence-electron chi connectivity index (χ3n) is 2.24. The molecule has 0 spiro atoms. The Bertz CT molecular complexity index is 404. The highest BCUT2D eigenvalue weighted by Crippen LogP contribution is 2.09. The standard InChI is InChI=1S/C11H14N2O3/c1-4-13(2)10(14)8-6-5-7-12-9(8)11(15)16-3/h5-7H,4H2,1-3H3. The van der Waals surface area contributed by atoms with Gasteiger partial charge in [-0.2, -0.15) is 0 Å². The molecule has 1 amide bonds. The van der Waals surface area contributed by atoms with Crippen LogP contribution in [0, 0.1) is 0 Å². The maximum absolute atomic E-state index is 11.9. The fourth-order valence-corrected chi connectivity index (χ4v) is 1.19. The monoisotopic (exact) mass is 222 g/mol. The van der Waals surface area contributed by atoms with E-state index in [4.69, 9.17) is 0 Å². The van der Waals surface area contributed by atoms with Gasteiger partial charge >= 0.3 is 5.97 Å². The molecule has 0 saturated carbocycles. The van der Waals surface area contributed by atoms with E-state index >= 15 is 0 Å². The zero-order chi connectivity index (χ0) is 12.1. The zero-order valence-corrected chi connectivity index (χ0v) is 9.56. The Morgan fingerprint density at radius 2 is 2.19 bits per heavy atom. The van der Waals surface area contributed by atoms with Crippen LogP contribution in [-0.2, 0) is 4.74 Å². The lowest BCUT2D eigenvalue weighted by Gasteiger charge is -2.15. The molecule has 5 heteroatoms. The quantitative estimate of drug-likeness (QED) is 0.715. The lowest BCUT2D eigenvalue weighted by molar-refractivity contribution is 0.0585. The summed E-state index contributed by atoms with van der Waals surface area (Å²) in [6, 6.07) is 3.18. The van der Waals surface area contributed by atoms with Crippen molar-refractivity contribution in [1.82, 2.24) is 9.88 Å². The van der Waals surface area contributed by atoms with Crippen LogP contribution in [0.1, 0.15) is 27.8 Å². The van der Waals surface area contributed by atoms with Crippen LogP contribution in [0.3, 0.4) is 0 Å². The fourth-order valence-electron chi connectivity index (χ4n) is 1.19. The van der Waals surface area contributed by atoms with Crippen molar-refractivity contribution in [3.63, 3.8) is 0 Å². The normalized spacial score (nSPS) is 9.69. The second-order valence-electron chi connectivity index (χ2n) is 3.21. The molecular weight excluding hydrogens is 208 g/mol. The molecule has 0 aliphatic heterocycles. The van der Waals surface area contributed by atoms with E-state index < -0.39 is 5.97 Å². The fraction of sp³-hybridized carbons (Fsp3) is 0.364. The number of aromatic nitrogens is 1. The molecule has 1 rings (SSSR count). The second kappa shape index (κ2) is 5.25. The zero-order valence-electron chi connectivity index (χ0n) is 9.56. The molecule has 0 N–H and O–H groups in total. The summed E-state index contributed by atoms with van der Waals surface area (Å²) in [6.45, 7) is 2.42. The van der Waals surface area contributed by atoms with E-state index in [2.05, 4.69) is 9.72 Å². The molecule has 0 bridgehead atoms. The van der Waals surface area contributed by atoms with E-state index in [1.54, 1.807) is 19.2 Å². The van der Waals surface area contributed by atoms with Crippen molar-refractivity contribution < 1.29 is 14.3 Å². The molecule has 86 valence electrons. The number of amides is 1. The van der Waals surface area contributed by atoms with E-state index in [1.165, 1.54) is 18.2 Å². The van der Waals surface area contributed by atoms with E-state index in [1.807, 2.05) is 6.92 Å². The summed E-state index contributed by atoms with van der Waals surface area (Å²) in [5.74, 6) is -0.843. The largest absolute Gasteiger partial charge is 0.464 e. The van der Waals surface area contributed by atoms with Gasteiger partial charge < -0.3 is 9.64 Å². The smallest absolute Gasteiger partial charge is 0.357 e. The molecule has 0 unspecified atom stereocenters.